The summed E-state index contributed by atoms with van der Waals surface area (Å²) in [5.74, 6) is 2.64. The number of ether oxygens (including phenoxy) is 1. The Morgan fingerprint density at radius 3 is 2.83 bits per heavy atom. The molecule has 2 N–H and O–H groups in total. The second kappa shape index (κ2) is 11.4. The number of aryl methyl sites for hydroxylation is 1. The van der Waals surface area contributed by atoms with Gasteiger partial charge in [0.25, 0.3) is 0 Å². The zero-order chi connectivity index (χ0) is 20.9. The molecular weight excluding hydrogens is 513 g/mol. The molecule has 0 spiro atoms. The molecule has 0 fully saturated rings. The summed E-state index contributed by atoms with van der Waals surface area (Å²) in [5.41, 5.74) is 1.25. The van der Waals surface area contributed by atoms with E-state index in [1.807, 2.05) is 4.68 Å². The minimum Gasteiger partial charge on any atom is -0.377 e. The van der Waals surface area contributed by atoms with E-state index in [1.165, 1.54) is 0 Å². The molecule has 1 atom stereocenters. The van der Waals surface area contributed by atoms with Crippen molar-refractivity contribution in [2.45, 2.75) is 71.6 Å². The van der Waals surface area contributed by atoms with Gasteiger partial charge in [0.05, 0.1) is 17.2 Å². The molecule has 0 amide bonds. The van der Waals surface area contributed by atoms with E-state index >= 15 is 0 Å². The molecule has 30 heavy (non-hydrogen) atoms. The van der Waals surface area contributed by atoms with Crippen molar-refractivity contribution in [1.82, 2.24) is 30.4 Å². The molecule has 1 aliphatic rings. The Bertz CT molecular complexity index is 827. The number of aliphatic imine (C=N–C) groups is 1. The molecule has 168 valence electrons. The average Bonchev–Trinajstić information content (AvgIpc) is 3.28. The highest BCUT2D eigenvalue weighted by atomic mass is 127. The van der Waals surface area contributed by atoms with Gasteiger partial charge in [0.2, 0.25) is 0 Å². The van der Waals surface area contributed by atoms with Crippen LogP contribution < -0.4 is 10.6 Å². The Hall–Kier alpha value is -1.27. The Morgan fingerprint density at radius 1 is 1.37 bits per heavy atom. The lowest BCUT2D eigenvalue weighted by atomic mass is 9.93. The highest BCUT2D eigenvalue weighted by Crippen LogP contribution is 2.24. The quantitative estimate of drug-likeness (QED) is 0.315. The van der Waals surface area contributed by atoms with E-state index in [2.05, 4.69) is 53.8 Å². The highest BCUT2D eigenvalue weighted by molar-refractivity contribution is 14.0. The summed E-state index contributed by atoms with van der Waals surface area (Å²) in [7, 11) is 1.67. The number of methoxy groups -OCH3 is 1. The van der Waals surface area contributed by atoms with Crippen molar-refractivity contribution in [2.24, 2.45) is 4.99 Å². The number of nitrogens with one attached hydrogen (secondary N) is 2. The normalized spacial score (nSPS) is 16.7. The first kappa shape index (κ1) is 25.0. The Morgan fingerprint density at radius 2 is 2.17 bits per heavy atom. The van der Waals surface area contributed by atoms with Crippen molar-refractivity contribution >= 4 is 41.3 Å². The van der Waals surface area contributed by atoms with Gasteiger partial charge in [0.15, 0.2) is 11.8 Å². The molecule has 0 radical (unpaired) electrons. The summed E-state index contributed by atoms with van der Waals surface area (Å²) in [6, 6.07) is 0.282. The van der Waals surface area contributed by atoms with Crippen molar-refractivity contribution in [1.29, 1.82) is 0 Å². The molecule has 1 aliphatic heterocycles. The number of guanidine groups is 1. The van der Waals surface area contributed by atoms with Gasteiger partial charge < -0.3 is 15.4 Å². The summed E-state index contributed by atoms with van der Waals surface area (Å²) in [6.07, 6.45) is 2.77. The van der Waals surface area contributed by atoms with E-state index < -0.39 is 0 Å². The van der Waals surface area contributed by atoms with Gasteiger partial charge in [0.1, 0.15) is 12.4 Å². The van der Waals surface area contributed by atoms with E-state index in [0.717, 1.165) is 60.7 Å². The molecule has 0 saturated heterocycles. The first-order valence-electron chi connectivity index (χ1n) is 10.3. The number of hydrogen-bond acceptors (Lipinski definition) is 6. The topological polar surface area (TPSA) is 89.2 Å². The van der Waals surface area contributed by atoms with E-state index in [-0.39, 0.29) is 35.4 Å². The predicted octanol–water partition coefficient (Wildman–Crippen LogP) is 2.91. The third kappa shape index (κ3) is 6.88. The van der Waals surface area contributed by atoms with E-state index in [0.29, 0.717) is 13.2 Å². The van der Waals surface area contributed by atoms with Crippen molar-refractivity contribution < 1.29 is 4.74 Å². The fraction of sp³-hybridized carbons (Fsp3) is 0.700. The van der Waals surface area contributed by atoms with Crippen molar-refractivity contribution in [3.63, 3.8) is 0 Å². The molecule has 2 aromatic rings. The van der Waals surface area contributed by atoms with Gasteiger partial charge >= 0.3 is 0 Å². The number of hydrogen-bond donors (Lipinski definition) is 2. The van der Waals surface area contributed by atoms with Gasteiger partial charge in [-0.3, -0.25) is 4.99 Å². The summed E-state index contributed by atoms with van der Waals surface area (Å²) in [4.78, 5) is 14.1. The lowest BCUT2D eigenvalue weighted by Crippen LogP contribution is -2.47. The van der Waals surface area contributed by atoms with Gasteiger partial charge in [-0.25, -0.2) is 14.6 Å². The van der Waals surface area contributed by atoms with Gasteiger partial charge in [-0.05, 0) is 13.3 Å². The maximum absolute atomic E-state index is 5.14. The van der Waals surface area contributed by atoms with E-state index in [1.54, 1.807) is 18.4 Å². The molecule has 1 unspecified atom stereocenters. The van der Waals surface area contributed by atoms with Crippen LogP contribution in [0.3, 0.4) is 0 Å². The molecule has 0 aromatic carbocycles. The van der Waals surface area contributed by atoms with Crippen LogP contribution in [-0.4, -0.2) is 51.9 Å². The fourth-order valence-electron chi connectivity index (χ4n) is 3.22. The first-order chi connectivity index (χ1) is 13.9. The Labute approximate surface area is 200 Å². The van der Waals surface area contributed by atoms with E-state index in [9.17, 15) is 0 Å². The van der Waals surface area contributed by atoms with Crippen LogP contribution in [0.1, 0.15) is 56.5 Å². The van der Waals surface area contributed by atoms with Crippen LogP contribution in [-0.2, 0) is 36.1 Å². The minimum absolute atomic E-state index is 0. The lowest BCUT2D eigenvalue weighted by molar-refractivity contribution is 0.177. The number of aromatic nitrogens is 4. The smallest absolute Gasteiger partial charge is 0.191 e. The molecule has 10 heteroatoms. The Kier molecular flexibility index (Phi) is 9.48. The maximum Gasteiger partial charge on any atom is 0.191 e. The third-order valence-electron chi connectivity index (χ3n) is 4.78. The second-order valence-corrected chi connectivity index (χ2v) is 9.27. The average molecular weight is 548 g/mol. The van der Waals surface area contributed by atoms with Gasteiger partial charge in [-0.1, -0.05) is 20.8 Å². The van der Waals surface area contributed by atoms with Gasteiger partial charge in [0, 0.05) is 49.9 Å². The summed E-state index contributed by atoms with van der Waals surface area (Å²) >= 11 is 1.73. The molecule has 8 nitrogen and oxygen atoms in total. The molecule has 0 bridgehead atoms. The molecule has 0 aliphatic carbocycles. The van der Waals surface area contributed by atoms with Crippen molar-refractivity contribution in [3.8, 4) is 0 Å². The molecular formula is C20H34IN7OS. The molecule has 2 aromatic heterocycles. The van der Waals surface area contributed by atoms with Gasteiger partial charge in [-0.15, -0.1) is 35.3 Å². The number of thiazole rings is 1. The number of halogens is 1. The number of rotatable bonds is 7. The largest absolute Gasteiger partial charge is 0.377 e. The second-order valence-electron chi connectivity index (χ2n) is 8.33. The van der Waals surface area contributed by atoms with Crippen LogP contribution in [0.2, 0.25) is 0 Å². The monoisotopic (exact) mass is 547 g/mol. The summed E-state index contributed by atoms with van der Waals surface area (Å²) in [6.45, 7) is 11.5. The van der Waals surface area contributed by atoms with E-state index in [4.69, 9.17) is 14.7 Å². The number of fused-ring (bicyclic) bond motifs is 1. The zero-order valence-corrected chi connectivity index (χ0v) is 21.7. The molecule has 3 heterocycles. The first-order valence-corrected chi connectivity index (χ1v) is 11.2. The van der Waals surface area contributed by atoms with Crippen LogP contribution >= 0.6 is 35.3 Å². The minimum atomic E-state index is 0. The fourth-order valence-corrected chi connectivity index (χ4v) is 4.23. The van der Waals surface area contributed by atoms with Crippen LogP contribution in [0.5, 0.6) is 0 Å². The molecule has 0 saturated carbocycles. The van der Waals surface area contributed by atoms with Crippen LogP contribution in [0, 0.1) is 0 Å². The summed E-state index contributed by atoms with van der Waals surface area (Å²) in [5, 5.41) is 14.8. The zero-order valence-electron chi connectivity index (χ0n) is 18.6. The lowest BCUT2D eigenvalue weighted by Gasteiger charge is -2.25. The standard InChI is InChI=1S/C20H33N7OS.HI/c1-6-21-19(22-10-9-18-24-15(13-29-18)20(2,3)4)23-14-7-8-17-25-16(12-28-5)26-27(17)11-14;/h13-14H,6-12H2,1-5H3,(H2,21,22,23);1H. The van der Waals surface area contributed by atoms with Crippen LogP contribution in [0.25, 0.3) is 0 Å². The molecule has 3 rings (SSSR count). The highest BCUT2D eigenvalue weighted by Gasteiger charge is 2.22. The predicted molar refractivity (Wildman–Crippen MR) is 132 cm³/mol. The number of nitrogens with zero attached hydrogens (tertiary/aromatic N) is 5. The van der Waals surface area contributed by atoms with Crippen LogP contribution in [0.15, 0.2) is 10.4 Å². The van der Waals surface area contributed by atoms with Crippen molar-refractivity contribution in [2.75, 3.05) is 20.2 Å². The Balaban J connectivity index is 0.00000320. The van der Waals surface area contributed by atoms with Gasteiger partial charge in [-0.2, -0.15) is 5.10 Å². The SMILES string of the molecule is CCNC(=NCCc1nc(C(C)(C)C)cs1)NC1CCc2nc(COC)nn2C1.I. The summed E-state index contributed by atoms with van der Waals surface area (Å²) < 4.78 is 7.13. The maximum atomic E-state index is 5.14. The third-order valence-corrected chi connectivity index (χ3v) is 5.68. The van der Waals surface area contributed by atoms with Crippen LogP contribution in [0.4, 0.5) is 0 Å². The van der Waals surface area contributed by atoms with Crippen molar-refractivity contribution in [3.05, 3.63) is 27.7 Å².